The molecular formula is C6H10N2S2. The molecule has 1 aliphatic heterocycles. The molecule has 1 saturated heterocycles. The van der Waals surface area contributed by atoms with Gasteiger partial charge in [-0.25, -0.2) is 0 Å². The summed E-state index contributed by atoms with van der Waals surface area (Å²) >= 11 is 3.50. The fraction of sp³-hybridized carbons (Fsp3) is 0.500. The topological polar surface area (TPSA) is 29.5 Å². The normalized spacial score (nSPS) is 16.0. The van der Waals surface area contributed by atoms with Gasteiger partial charge >= 0.3 is 0 Å². The Bertz CT molecular complexity index is 113. The molecule has 0 aromatic carbocycles. The van der Waals surface area contributed by atoms with Gasteiger partial charge in [-0.15, -0.1) is 11.6 Å². The van der Waals surface area contributed by atoms with Crippen molar-refractivity contribution in [2.45, 2.75) is 0 Å². The zero-order chi connectivity index (χ0) is 7.07. The first-order valence-corrected chi connectivity index (χ1v) is 5.18. The minimum absolute atomic E-state index is 1.29. The van der Waals surface area contributed by atoms with Crippen LogP contribution in [0.25, 0.3) is 0 Å². The highest BCUT2D eigenvalue weighted by Crippen LogP contribution is 1.93. The van der Waals surface area contributed by atoms with Crippen LogP contribution in [0.2, 0.25) is 0 Å². The van der Waals surface area contributed by atoms with Crippen LogP contribution in [0.4, 0.5) is 0 Å². The number of nitrogens with zero attached hydrogens (tertiary/aromatic N) is 1. The minimum atomic E-state index is 1.29. The van der Waals surface area contributed by atoms with Crippen LogP contribution in [-0.4, -0.2) is 23.2 Å². The second kappa shape index (κ2) is 5.70. The van der Waals surface area contributed by atoms with Gasteiger partial charge in [0, 0.05) is 5.75 Å². The maximum Gasteiger partial charge on any atom is 0.122 e. The molecule has 2 nitrogen and oxygen atoms in total. The molecule has 2 N–H and O–H groups in total. The zero-order valence-electron chi connectivity index (χ0n) is 5.62. The van der Waals surface area contributed by atoms with Crippen molar-refractivity contribution in [1.82, 2.24) is 4.98 Å². The molecule has 0 amide bonds. The first kappa shape index (κ1) is 8.04. The van der Waals surface area contributed by atoms with E-state index in [2.05, 4.69) is 15.8 Å². The summed E-state index contributed by atoms with van der Waals surface area (Å²) in [6, 6.07) is 0. The van der Waals surface area contributed by atoms with Gasteiger partial charge in [-0.3, -0.25) is 11.3 Å². The number of rotatable bonds is 0. The average molecular weight is 174 g/mol. The van der Waals surface area contributed by atoms with Crippen LogP contribution in [0.3, 0.4) is 0 Å². The van der Waals surface area contributed by atoms with Gasteiger partial charge in [-0.1, -0.05) is 11.8 Å². The van der Waals surface area contributed by atoms with Crippen molar-refractivity contribution >= 4 is 23.1 Å². The van der Waals surface area contributed by atoms with E-state index in [0.717, 1.165) is 0 Å². The molecule has 1 aromatic heterocycles. The number of thioether (sulfide) groups is 1. The molecule has 4 heteroatoms. The Hall–Kier alpha value is -0.0600. The van der Waals surface area contributed by atoms with Crippen LogP contribution in [0, 0.1) is 5.51 Å². The van der Waals surface area contributed by atoms with Crippen molar-refractivity contribution in [3.05, 3.63) is 17.1 Å². The number of thiazole rings is 1. The number of quaternary nitrogens is 1. The molecule has 1 aromatic rings. The van der Waals surface area contributed by atoms with Crippen LogP contribution < -0.4 is 5.32 Å². The maximum absolute atomic E-state index is 3.62. The summed E-state index contributed by atoms with van der Waals surface area (Å²) in [6.45, 7) is 1.34. The van der Waals surface area contributed by atoms with Gasteiger partial charge in [-0.2, -0.15) is 0 Å². The predicted octanol–water partition coefficient (Wildman–Crippen LogP) is 0.197. The summed E-state index contributed by atoms with van der Waals surface area (Å²) in [5.41, 5.74) is 2.65. The van der Waals surface area contributed by atoms with Crippen molar-refractivity contribution in [3.8, 4) is 0 Å². The number of aromatic nitrogens is 1. The van der Waals surface area contributed by atoms with Gasteiger partial charge in [0.15, 0.2) is 0 Å². The van der Waals surface area contributed by atoms with E-state index in [1.54, 1.807) is 6.20 Å². The first-order valence-electron chi connectivity index (χ1n) is 3.15. The summed E-state index contributed by atoms with van der Waals surface area (Å²) < 4.78 is 0. The maximum atomic E-state index is 3.62. The van der Waals surface area contributed by atoms with Gasteiger partial charge in [0.05, 0.1) is 6.54 Å². The quantitative estimate of drug-likeness (QED) is 0.569. The van der Waals surface area contributed by atoms with Crippen LogP contribution in [-0.2, 0) is 0 Å². The molecule has 1 fully saturated rings. The first-order chi connectivity index (χ1) is 5.00. The predicted molar refractivity (Wildman–Crippen MR) is 45.1 cm³/mol. The molecule has 0 saturated carbocycles. The van der Waals surface area contributed by atoms with E-state index in [1.165, 1.54) is 29.5 Å². The largest absolute Gasteiger partial charge is 0.394 e. The van der Waals surface area contributed by atoms with E-state index in [4.69, 9.17) is 0 Å². The summed E-state index contributed by atoms with van der Waals surface area (Å²) in [5, 5.41) is 4.20. The average Bonchev–Trinajstić information content (AvgIpc) is 2.67. The van der Waals surface area contributed by atoms with Gasteiger partial charge in [-0.05, 0) is 5.51 Å². The van der Waals surface area contributed by atoms with Crippen molar-refractivity contribution in [2.75, 3.05) is 18.2 Å². The lowest BCUT2D eigenvalue weighted by molar-refractivity contribution is -0.625. The second-order valence-corrected chi connectivity index (χ2v) is 3.62. The van der Waals surface area contributed by atoms with Gasteiger partial charge in [0.2, 0.25) is 0 Å². The third-order valence-electron chi connectivity index (χ3n) is 1.01. The van der Waals surface area contributed by atoms with Crippen LogP contribution in [0.5, 0.6) is 0 Å². The fourth-order valence-electron chi connectivity index (χ4n) is 0.569. The summed E-state index contributed by atoms with van der Waals surface area (Å²) in [4.78, 5) is 3.62. The van der Waals surface area contributed by atoms with E-state index in [0.29, 0.717) is 0 Å². The molecule has 1 aliphatic rings. The molecule has 0 unspecified atom stereocenters. The van der Waals surface area contributed by atoms with Crippen LogP contribution in [0.15, 0.2) is 11.6 Å². The standard InChI is InChI=1S/C3H7NS.C3H2NS/c2*1-2-5-3-4-1/h4H,1-3H2;1-2H/q;-1/p+1. The molecule has 2 rings (SSSR count). The van der Waals surface area contributed by atoms with Gasteiger partial charge in [0.1, 0.15) is 5.88 Å². The van der Waals surface area contributed by atoms with E-state index in [9.17, 15) is 0 Å². The number of hydrogen-bond acceptors (Lipinski definition) is 3. The third kappa shape index (κ3) is 3.87. The molecule has 2 heterocycles. The fourth-order valence-corrected chi connectivity index (χ4v) is 1.71. The lowest BCUT2D eigenvalue weighted by Crippen LogP contribution is -2.80. The minimum Gasteiger partial charge on any atom is -0.394 e. The Kier molecular flexibility index (Phi) is 4.59. The monoisotopic (exact) mass is 174 g/mol. The smallest absolute Gasteiger partial charge is 0.122 e. The third-order valence-corrected chi connectivity index (χ3v) is 2.48. The van der Waals surface area contributed by atoms with Crippen molar-refractivity contribution in [3.63, 3.8) is 0 Å². The highest BCUT2D eigenvalue weighted by atomic mass is 32.2. The summed E-state index contributed by atoms with van der Waals surface area (Å²) in [7, 11) is 0. The second-order valence-electron chi connectivity index (χ2n) is 1.78. The van der Waals surface area contributed by atoms with Crippen molar-refractivity contribution < 1.29 is 5.32 Å². The highest BCUT2D eigenvalue weighted by Gasteiger charge is 1.98. The van der Waals surface area contributed by atoms with Crippen molar-refractivity contribution in [1.29, 1.82) is 0 Å². The van der Waals surface area contributed by atoms with Gasteiger partial charge < -0.3 is 10.3 Å². The Morgan fingerprint density at radius 1 is 1.60 bits per heavy atom. The molecule has 0 atom stereocenters. The molecule has 0 aliphatic carbocycles. The van der Waals surface area contributed by atoms with E-state index in [1.807, 2.05) is 17.1 Å². The Labute approximate surface area is 69.1 Å². The van der Waals surface area contributed by atoms with Gasteiger partial charge in [0.25, 0.3) is 0 Å². The molecular weight excluding hydrogens is 164 g/mol. The number of hydrogen-bond donors (Lipinski definition) is 1. The number of nitrogens with two attached hydrogens (primary N) is 1. The molecule has 0 radical (unpaired) electrons. The SMILES string of the molecule is C1CSC[NH2+]1.[c-]1nccs1. The Morgan fingerprint density at radius 3 is 2.80 bits per heavy atom. The molecule has 10 heavy (non-hydrogen) atoms. The lowest BCUT2D eigenvalue weighted by Gasteiger charge is -1.72. The lowest BCUT2D eigenvalue weighted by atomic mass is 10.8. The Balaban J connectivity index is 0.0000001000. The van der Waals surface area contributed by atoms with E-state index in [-0.39, 0.29) is 0 Å². The van der Waals surface area contributed by atoms with Crippen LogP contribution >= 0.6 is 23.1 Å². The zero-order valence-corrected chi connectivity index (χ0v) is 7.25. The summed E-state index contributed by atoms with van der Waals surface area (Å²) in [6.07, 6.45) is 1.71. The molecule has 56 valence electrons. The molecule has 0 bridgehead atoms. The summed E-state index contributed by atoms with van der Waals surface area (Å²) in [5.74, 6) is 2.65. The van der Waals surface area contributed by atoms with Crippen molar-refractivity contribution in [2.24, 2.45) is 0 Å². The Morgan fingerprint density at radius 2 is 2.60 bits per heavy atom. The van der Waals surface area contributed by atoms with E-state index >= 15 is 0 Å². The van der Waals surface area contributed by atoms with E-state index < -0.39 is 0 Å². The molecule has 0 spiro atoms. The van der Waals surface area contributed by atoms with Crippen LogP contribution in [0.1, 0.15) is 0 Å². The highest BCUT2D eigenvalue weighted by molar-refractivity contribution is 7.99.